The minimum atomic E-state index is -3.65. The molecule has 1 aliphatic rings. The van der Waals surface area contributed by atoms with Crippen LogP contribution in [0.4, 0.5) is 5.69 Å². The number of nitrogens with one attached hydrogen (secondary N) is 1. The molecular formula is C18H21Cl2N3O3S. The molecule has 9 heteroatoms. The molecule has 0 radical (unpaired) electrons. The van der Waals surface area contributed by atoms with Crippen molar-refractivity contribution in [1.82, 2.24) is 9.21 Å². The van der Waals surface area contributed by atoms with Crippen LogP contribution < -0.4 is 5.32 Å². The van der Waals surface area contributed by atoms with Gasteiger partial charge < -0.3 is 10.2 Å². The van der Waals surface area contributed by atoms with Crippen LogP contribution in [0.25, 0.3) is 0 Å². The SMILES string of the molecule is Cl.O=C(CNc1ccccc1)N1CCN(S(=O)(=O)c2ccccc2Cl)CC1. The van der Waals surface area contributed by atoms with Crippen molar-refractivity contribution < 1.29 is 13.2 Å². The second-order valence-electron chi connectivity index (χ2n) is 5.93. The highest BCUT2D eigenvalue weighted by Crippen LogP contribution is 2.25. The van der Waals surface area contributed by atoms with E-state index < -0.39 is 10.0 Å². The Kier molecular flexibility index (Phi) is 7.49. The maximum absolute atomic E-state index is 12.7. The van der Waals surface area contributed by atoms with Crippen LogP contribution in [0.1, 0.15) is 0 Å². The molecule has 0 atom stereocenters. The van der Waals surface area contributed by atoms with Crippen LogP contribution in [0.15, 0.2) is 59.5 Å². The number of anilines is 1. The number of sulfonamides is 1. The van der Waals surface area contributed by atoms with Gasteiger partial charge in [-0.05, 0) is 24.3 Å². The maximum Gasteiger partial charge on any atom is 0.244 e. The summed E-state index contributed by atoms with van der Waals surface area (Å²) < 4.78 is 26.8. The summed E-state index contributed by atoms with van der Waals surface area (Å²) in [5.74, 6) is -0.0522. The van der Waals surface area contributed by atoms with E-state index in [1.807, 2.05) is 30.3 Å². The molecule has 0 saturated carbocycles. The van der Waals surface area contributed by atoms with Crippen LogP contribution in [-0.4, -0.2) is 56.3 Å². The Balaban J connectivity index is 0.00000261. The number of nitrogens with zero attached hydrogens (tertiary/aromatic N) is 2. The summed E-state index contributed by atoms with van der Waals surface area (Å²) in [4.78, 5) is 14.1. The summed E-state index contributed by atoms with van der Waals surface area (Å²) in [6, 6.07) is 15.9. The van der Waals surface area contributed by atoms with Gasteiger partial charge in [-0.1, -0.05) is 41.9 Å². The Labute approximate surface area is 170 Å². The van der Waals surface area contributed by atoms with E-state index in [0.717, 1.165) is 5.69 Å². The summed E-state index contributed by atoms with van der Waals surface area (Å²) in [7, 11) is -3.65. The first-order valence-electron chi connectivity index (χ1n) is 8.30. The van der Waals surface area contributed by atoms with E-state index in [4.69, 9.17) is 11.6 Å². The molecule has 0 unspecified atom stereocenters. The zero-order chi connectivity index (χ0) is 18.6. The van der Waals surface area contributed by atoms with Crippen molar-refractivity contribution in [3.63, 3.8) is 0 Å². The van der Waals surface area contributed by atoms with E-state index >= 15 is 0 Å². The molecule has 27 heavy (non-hydrogen) atoms. The normalized spacial score (nSPS) is 15.1. The van der Waals surface area contributed by atoms with Gasteiger partial charge in [0, 0.05) is 31.9 Å². The van der Waals surface area contributed by atoms with Crippen LogP contribution >= 0.6 is 24.0 Å². The van der Waals surface area contributed by atoms with Gasteiger partial charge in [0.05, 0.1) is 11.6 Å². The number of hydrogen-bond donors (Lipinski definition) is 1. The highest BCUT2D eigenvalue weighted by atomic mass is 35.5. The van der Waals surface area contributed by atoms with Crippen LogP contribution in [0.3, 0.4) is 0 Å². The smallest absolute Gasteiger partial charge is 0.244 e. The molecule has 1 fully saturated rings. The molecular weight excluding hydrogens is 409 g/mol. The molecule has 2 aromatic carbocycles. The first kappa shape index (κ1) is 21.5. The largest absolute Gasteiger partial charge is 0.376 e. The number of hydrogen-bond acceptors (Lipinski definition) is 4. The number of halogens is 2. The summed E-state index contributed by atoms with van der Waals surface area (Å²) in [6.45, 7) is 1.41. The predicted molar refractivity (Wildman–Crippen MR) is 109 cm³/mol. The summed E-state index contributed by atoms with van der Waals surface area (Å²) in [6.07, 6.45) is 0. The van der Waals surface area contributed by atoms with E-state index in [9.17, 15) is 13.2 Å². The van der Waals surface area contributed by atoms with Gasteiger partial charge in [0.1, 0.15) is 4.90 Å². The number of benzene rings is 2. The molecule has 3 rings (SSSR count). The fourth-order valence-corrected chi connectivity index (χ4v) is 4.73. The van der Waals surface area contributed by atoms with E-state index in [2.05, 4.69) is 5.32 Å². The highest BCUT2D eigenvalue weighted by Gasteiger charge is 2.31. The minimum absolute atomic E-state index is 0. The molecule has 0 spiro atoms. The Morgan fingerprint density at radius 2 is 1.56 bits per heavy atom. The number of piperazine rings is 1. The third-order valence-corrected chi connectivity index (χ3v) is 6.66. The van der Waals surface area contributed by atoms with Crippen molar-refractivity contribution in [2.45, 2.75) is 4.90 Å². The second kappa shape index (κ2) is 9.41. The second-order valence-corrected chi connectivity index (χ2v) is 8.25. The lowest BCUT2D eigenvalue weighted by molar-refractivity contribution is -0.130. The average molecular weight is 430 g/mol. The Bertz CT molecular complexity index is 870. The third kappa shape index (κ3) is 5.13. The van der Waals surface area contributed by atoms with Crippen molar-refractivity contribution in [3.05, 3.63) is 59.6 Å². The fraction of sp³-hybridized carbons (Fsp3) is 0.278. The van der Waals surface area contributed by atoms with Crippen LogP contribution in [0, 0.1) is 0 Å². The molecule has 0 aromatic heterocycles. The van der Waals surface area contributed by atoms with Gasteiger partial charge in [-0.2, -0.15) is 4.31 Å². The average Bonchev–Trinajstić information content (AvgIpc) is 2.67. The van der Waals surface area contributed by atoms with Crippen LogP contribution in [0.2, 0.25) is 5.02 Å². The monoisotopic (exact) mass is 429 g/mol. The quantitative estimate of drug-likeness (QED) is 0.792. The lowest BCUT2D eigenvalue weighted by atomic mass is 10.3. The Morgan fingerprint density at radius 3 is 2.19 bits per heavy atom. The van der Waals surface area contributed by atoms with E-state index in [0.29, 0.717) is 13.1 Å². The molecule has 1 N–H and O–H groups in total. The van der Waals surface area contributed by atoms with Crippen molar-refractivity contribution in [2.75, 3.05) is 38.0 Å². The summed E-state index contributed by atoms with van der Waals surface area (Å²) in [5.41, 5.74) is 0.876. The molecule has 1 saturated heterocycles. The molecule has 1 amide bonds. The first-order chi connectivity index (χ1) is 12.5. The number of para-hydroxylation sites is 1. The molecule has 2 aromatic rings. The standard InChI is InChI=1S/C18H20ClN3O3S.ClH/c19-16-8-4-5-9-17(16)26(24,25)22-12-10-21(11-13-22)18(23)14-20-15-6-2-1-3-7-15;/h1-9,20H,10-14H2;1H. The number of carbonyl (C=O) groups is 1. The Hall–Kier alpha value is -1.80. The summed E-state index contributed by atoms with van der Waals surface area (Å²) >= 11 is 6.03. The molecule has 0 bridgehead atoms. The number of carbonyl (C=O) groups excluding carboxylic acids is 1. The highest BCUT2D eigenvalue weighted by molar-refractivity contribution is 7.89. The number of amides is 1. The van der Waals surface area contributed by atoms with E-state index in [1.165, 1.54) is 10.4 Å². The predicted octanol–water partition coefficient (Wildman–Crippen LogP) is 2.71. The van der Waals surface area contributed by atoms with Crippen molar-refractivity contribution in [2.24, 2.45) is 0 Å². The van der Waals surface area contributed by atoms with Gasteiger partial charge in [-0.3, -0.25) is 4.79 Å². The molecule has 1 aliphatic heterocycles. The zero-order valence-electron chi connectivity index (χ0n) is 14.5. The van der Waals surface area contributed by atoms with Crippen LogP contribution in [-0.2, 0) is 14.8 Å². The van der Waals surface area contributed by atoms with Gasteiger partial charge in [0.25, 0.3) is 0 Å². The fourth-order valence-electron chi connectivity index (χ4n) is 2.82. The summed E-state index contributed by atoms with van der Waals surface area (Å²) in [5, 5.41) is 3.28. The topological polar surface area (TPSA) is 69.7 Å². The van der Waals surface area contributed by atoms with E-state index in [-0.39, 0.29) is 47.9 Å². The lowest BCUT2D eigenvalue weighted by Crippen LogP contribution is -2.51. The van der Waals surface area contributed by atoms with Crippen LogP contribution in [0.5, 0.6) is 0 Å². The number of rotatable bonds is 5. The molecule has 0 aliphatic carbocycles. The van der Waals surface area contributed by atoms with Gasteiger partial charge in [-0.15, -0.1) is 12.4 Å². The Morgan fingerprint density at radius 1 is 0.963 bits per heavy atom. The van der Waals surface area contributed by atoms with Gasteiger partial charge in [-0.25, -0.2) is 8.42 Å². The first-order valence-corrected chi connectivity index (χ1v) is 10.1. The molecule has 146 valence electrons. The zero-order valence-corrected chi connectivity index (χ0v) is 16.9. The molecule has 1 heterocycles. The van der Waals surface area contributed by atoms with Gasteiger partial charge in [0.2, 0.25) is 15.9 Å². The van der Waals surface area contributed by atoms with Crippen molar-refractivity contribution in [3.8, 4) is 0 Å². The van der Waals surface area contributed by atoms with E-state index in [1.54, 1.807) is 23.1 Å². The molecule has 6 nitrogen and oxygen atoms in total. The maximum atomic E-state index is 12.7. The van der Waals surface area contributed by atoms with Crippen molar-refractivity contribution in [1.29, 1.82) is 0 Å². The lowest BCUT2D eigenvalue weighted by Gasteiger charge is -2.34. The minimum Gasteiger partial charge on any atom is -0.376 e. The van der Waals surface area contributed by atoms with Crippen molar-refractivity contribution >= 4 is 45.6 Å². The van der Waals surface area contributed by atoms with Gasteiger partial charge in [0.15, 0.2) is 0 Å². The third-order valence-electron chi connectivity index (χ3n) is 4.26. The van der Waals surface area contributed by atoms with Gasteiger partial charge >= 0.3 is 0 Å².